The van der Waals surface area contributed by atoms with Gasteiger partial charge < -0.3 is 10.1 Å². The lowest BCUT2D eigenvalue weighted by atomic mass is 10.1. The van der Waals surface area contributed by atoms with Crippen molar-refractivity contribution in [3.05, 3.63) is 35.4 Å². The molecule has 5 heteroatoms. The van der Waals surface area contributed by atoms with Crippen molar-refractivity contribution in [3.8, 4) is 0 Å². The summed E-state index contributed by atoms with van der Waals surface area (Å²) in [6, 6.07) is 7.87. The fourth-order valence-electron chi connectivity index (χ4n) is 2.55. The summed E-state index contributed by atoms with van der Waals surface area (Å²) in [7, 11) is -1.29. The lowest BCUT2D eigenvalue weighted by molar-refractivity contribution is 0.0983. The molecule has 0 spiro atoms. The molecule has 0 aliphatic carbocycles. The average Bonchev–Trinajstić information content (AvgIpc) is 2.47. The molecule has 20 heavy (non-hydrogen) atoms. The first-order valence-corrected chi connectivity index (χ1v) is 8.77. The standard InChI is InChI=1S/C15H23NO3S/c1-12-3-5-13(6-4-12)15(16-2)11-20(17,18)14-7-9-19-10-8-14/h3-6,14-16H,7-11H2,1-2H3. The molecular formula is C15H23NO3S. The summed E-state index contributed by atoms with van der Waals surface area (Å²) in [5, 5.41) is 2.87. The molecular weight excluding hydrogens is 274 g/mol. The quantitative estimate of drug-likeness (QED) is 0.901. The maximum absolute atomic E-state index is 12.5. The van der Waals surface area contributed by atoms with Crippen LogP contribution in [0.15, 0.2) is 24.3 Å². The van der Waals surface area contributed by atoms with Crippen LogP contribution in [0.4, 0.5) is 0 Å². The zero-order chi connectivity index (χ0) is 14.6. The van der Waals surface area contributed by atoms with Crippen LogP contribution in [0.25, 0.3) is 0 Å². The lowest BCUT2D eigenvalue weighted by Gasteiger charge is -2.25. The summed E-state index contributed by atoms with van der Waals surface area (Å²) in [6.45, 7) is 3.13. The summed E-state index contributed by atoms with van der Waals surface area (Å²) < 4.78 is 30.2. The molecule has 1 aliphatic rings. The van der Waals surface area contributed by atoms with Crippen molar-refractivity contribution in [2.45, 2.75) is 31.1 Å². The van der Waals surface area contributed by atoms with Crippen LogP contribution in [0, 0.1) is 6.92 Å². The molecule has 1 aromatic carbocycles. The molecule has 4 nitrogen and oxygen atoms in total. The predicted molar refractivity (Wildman–Crippen MR) is 80.6 cm³/mol. The minimum atomic E-state index is -3.10. The van der Waals surface area contributed by atoms with Gasteiger partial charge in [-0.05, 0) is 32.4 Å². The molecule has 1 fully saturated rings. The van der Waals surface area contributed by atoms with E-state index in [2.05, 4.69) is 5.32 Å². The van der Waals surface area contributed by atoms with E-state index in [1.165, 1.54) is 5.56 Å². The van der Waals surface area contributed by atoms with E-state index in [-0.39, 0.29) is 17.0 Å². The van der Waals surface area contributed by atoms with Gasteiger partial charge in [-0.1, -0.05) is 29.8 Å². The second-order valence-electron chi connectivity index (χ2n) is 5.39. The van der Waals surface area contributed by atoms with E-state index >= 15 is 0 Å². The Kier molecular flexibility index (Phi) is 5.18. The normalized spacial score (nSPS) is 18.9. The molecule has 1 aromatic rings. The maximum atomic E-state index is 12.5. The molecule has 112 valence electrons. The first-order chi connectivity index (χ1) is 9.53. The highest BCUT2D eigenvalue weighted by Crippen LogP contribution is 2.22. The Labute approximate surface area is 121 Å². The second-order valence-corrected chi connectivity index (χ2v) is 7.72. The molecule has 0 bridgehead atoms. The SMILES string of the molecule is CNC(CS(=O)(=O)C1CCOCC1)c1ccc(C)cc1. The van der Waals surface area contributed by atoms with Gasteiger partial charge in [0.1, 0.15) is 0 Å². The molecule has 0 amide bonds. The van der Waals surface area contributed by atoms with E-state index in [9.17, 15) is 8.42 Å². The van der Waals surface area contributed by atoms with Crippen molar-refractivity contribution in [1.29, 1.82) is 0 Å². The van der Waals surface area contributed by atoms with Crippen LogP contribution in [0.3, 0.4) is 0 Å². The molecule has 1 atom stereocenters. The van der Waals surface area contributed by atoms with E-state index in [1.54, 1.807) is 0 Å². The number of nitrogens with one attached hydrogen (secondary N) is 1. The third-order valence-corrected chi connectivity index (χ3v) is 6.19. The van der Waals surface area contributed by atoms with Gasteiger partial charge in [-0.3, -0.25) is 0 Å². The minimum Gasteiger partial charge on any atom is -0.381 e. The highest BCUT2D eigenvalue weighted by molar-refractivity contribution is 7.92. The van der Waals surface area contributed by atoms with Gasteiger partial charge in [0, 0.05) is 19.3 Å². The first kappa shape index (κ1) is 15.5. The molecule has 0 aromatic heterocycles. The largest absolute Gasteiger partial charge is 0.381 e. The Morgan fingerprint density at radius 1 is 1.25 bits per heavy atom. The van der Waals surface area contributed by atoms with Crippen LogP contribution in [0.1, 0.15) is 30.0 Å². The van der Waals surface area contributed by atoms with Crippen molar-refractivity contribution in [2.24, 2.45) is 0 Å². The summed E-state index contributed by atoms with van der Waals surface area (Å²) in [5.74, 6) is 0.150. The number of benzene rings is 1. The van der Waals surface area contributed by atoms with Gasteiger partial charge in [-0.25, -0.2) is 8.42 Å². The summed E-state index contributed by atoms with van der Waals surface area (Å²) in [4.78, 5) is 0. The maximum Gasteiger partial charge on any atom is 0.155 e. The number of ether oxygens (including phenoxy) is 1. The Bertz CT molecular complexity index is 519. The van der Waals surface area contributed by atoms with E-state index in [1.807, 2.05) is 38.2 Å². The fourth-order valence-corrected chi connectivity index (χ4v) is 4.56. The zero-order valence-corrected chi connectivity index (χ0v) is 12.9. The predicted octanol–water partition coefficient (Wildman–Crippen LogP) is 1.85. The van der Waals surface area contributed by atoms with Crippen LogP contribution in [-0.4, -0.2) is 39.7 Å². The molecule has 1 N–H and O–H groups in total. The Morgan fingerprint density at radius 3 is 2.40 bits per heavy atom. The van der Waals surface area contributed by atoms with Gasteiger partial charge in [-0.2, -0.15) is 0 Å². The molecule has 1 saturated heterocycles. The number of sulfone groups is 1. The number of aryl methyl sites for hydroxylation is 1. The molecule has 0 radical (unpaired) electrons. The highest BCUT2D eigenvalue weighted by Gasteiger charge is 2.30. The monoisotopic (exact) mass is 297 g/mol. The van der Waals surface area contributed by atoms with Crippen molar-refractivity contribution in [2.75, 3.05) is 26.0 Å². The average molecular weight is 297 g/mol. The number of rotatable bonds is 5. The second kappa shape index (κ2) is 6.70. The first-order valence-electron chi connectivity index (χ1n) is 7.06. The molecule has 2 rings (SSSR count). The van der Waals surface area contributed by atoms with Crippen LogP contribution in [0.5, 0.6) is 0 Å². The lowest BCUT2D eigenvalue weighted by Crippen LogP contribution is -2.35. The van der Waals surface area contributed by atoms with Crippen molar-refractivity contribution >= 4 is 9.84 Å². The van der Waals surface area contributed by atoms with Crippen LogP contribution in [0.2, 0.25) is 0 Å². The van der Waals surface area contributed by atoms with E-state index in [4.69, 9.17) is 4.74 Å². The van der Waals surface area contributed by atoms with Crippen molar-refractivity contribution < 1.29 is 13.2 Å². The summed E-state index contributed by atoms with van der Waals surface area (Å²) in [5.41, 5.74) is 2.20. The Hall–Kier alpha value is -0.910. The Morgan fingerprint density at radius 2 is 1.85 bits per heavy atom. The van der Waals surface area contributed by atoms with Crippen LogP contribution >= 0.6 is 0 Å². The van der Waals surface area contributed by atoms with Crippen LogP contribution in [-0.2, 0) is 14.6 Å². The topological polar surface area (TPSA) is 55.4 Å². The van der Waals surface area contributed by atoms with E-state index < -0.39 is 9.84 Å². The third kappa shape index (κ3) is 3.81. The Balaban J connectivity index is 2.10. The summed E-state index contributed by atoms with van der Waals surface area (Å²) >= 11 is 0. The van der Waals surface area contributed by atoms with Gasteiger partial charge >= 0.3 is 0 Å². The van der Waals surface area contributed by atoms with Gasteiger partial charge in [0.05, 0.1) is 11.0 Å². The molecule has 0 saturated carbocycles. The fraction of sp³-hybridized carbons (Fsp3) is 0.600. The summed E-state index contributed by atoms with van der Waals surface area (Å²) in [6.07, 6.45) is 1.24. The van der Waals surface area contributed by atoms with Crippen LogP contribution < -0.4 is 5.32 Å². The van der Waals surface area contributed by atoms with E-state index in [0.717, 1.165) is 5.56 Å². The van der Waals surface area contributed by atoms with Gasteiger partial charge in [0.15, 0.2) is 9.84 Å². The van der Waals surface area contributed by atoms with Crippen molar-refractivity contribution in [1.82, 2.24) is 5.32 Å². The molecule has 1 heterocycles. The van der Waals surface area contributed by atoms with E-state index in [0.29, 0.717) is 26.1 Å². The third-order valence-electron chi connectivity index (χ3n) is 3.90. The van der Waals surface area contributed by atoms with Gasteiger partial charge in [0.2, 0.25) is 0 Å². The minimum absolute atomic E-state index is 0.150. The molecule has 1 aliphatic heterocycles. The highest BCUT2D eigenvalue weighted by atomic mass is 32.2. The number of hydrogen-bond acceptors (Lipinski definition) is 4. The number of hydrogen-bond donors (Lipinski definition) is 1. The smallest absolute Gasteiger partial charge is 0.155 e. The van der Waals surface area contributed by atoms with Crippen molar-refractivity contribution in [3.63, 3.8) is 0 Å². The zero-order valence-electron chi connectivity index (χ0n) is 12.1. The van der Waals surface area contributed by atoms with Gasteiger partial charge in [0.25, 0.3) is 0 Å². The molecule has 1 unspecified atom stereocenters. The van der Waals surface area contributed by atoms with Gasteiger partial charge in [-0.15, -0.1) is 0 Å².